The molecule has 0 unspecified atom stereocenters. The van der Waals surface area contributed by atoms with Crippen LogP contribution in [0.5, 0.6) is 0 Å². The van der Waals surface area contributed by atoms with Crippen LogP contribution in [-0.4, -0.2) is 21.2 Å². The Labute approximate surface area is 180 Å². The van der Waals surface area contributed by atoms with Crippen LogP contribution in [0.3, 0.4) is 0 Å². The Morgan fingerprint density at radius 3 is 2.75 bits per heavy atom. The van der Waals surface area contributed by atoms with Crippen LogP contribution in [-0.2, 0) is 0 Å². The van der Waals surface area contributed by atoms with Crippen molar-refractivity contribution < 1.29 is 0 Å². The highest BCUT2D eigenvalue weighted by molar-refractivity contribution is 9.10. The Bertz CT molecular complexity index is 1110. The quantitative estimate of drug-likeness (QED) is 0.326. The molecule has 4 aromatic rings. The minimum atomic E-state index is 0.579. The molecule has 0 atom stereocenters. The van der Waals surface area contributed by atoms with Gasteiger partial charge in [-0.05, 0) is 49.1 Å². The summed E-state index contributed by atoms with van der Waals surface area (Å²) in [6, 6.07) is 14.2. The lowest BCUT2D eigenvalue weighted by Gasteiger charge is -2.10. The number of aromatic nitrogens is 3. The van der Waals surface area contributed by atoms with E-state index < -0.39 is 0 Å². The predicted molar refractivity (Wildman–Crippen MR) is 123 cm³/mol. The summed E-state index contributed by atoms with van der Waals surface area (Å²) < 4.78 is 2.25. The van der Waals surface area contributed by atoms with Gasteiger partial charge in [0.25, 0.3) is 0 Å². The second kappa shape index (κ2) is 8.43. The number of pyridine rings is 1. The van der Waals surface area contributed by atoms with Crippen molar-refractivity contribution in [3.8, 4) is 21.7 Å². The summed E-state index contributed by atoms with van der Waals surface area (Å²) in [5.41, 5.74) is 5.16. The van der Waals surface area contributed by atoms with Gasteiger partial charge < -0.3 is 5.32 Å². The number of rotatable bonds is 5. The molecule has 0 radical (unpaired) electrons. The van der Waals surface area contributed by atoms with Crippen molar-refractivity contribution in [3.63, 3.8) is 0 Å². The molecule has 1 N–H and O–H groups in total. The number of nitrogens with one attached hydrogen (secondary N) is 1. The topological polar surface area (TPSA) is 50.7 Å². The number of benzene rings is 1. The van der Waals surface area contributed by atoms with Crippen LogP contribution in [0, 0.1) is 6.92 Å². The predicted octanol–water partition coefficient (Wildman–Crippen LogP) is 6.80. The molecule has 3 aromatic heterocycles. The average Bonchev–Trinajstić information content (AvgIpc) is 3.14. The minimum Gasteiger partial charge on any atom is -0.324 e. The third-order valence-electron chi connectivity index (χ3n) is 4.15. The first kappa shape index (κ1) is 19.1. The minimum absolute atomic E-state index is 0.579. The average molecular weight is 469 g/mol. The van der Waals surface area contributed by atoms with Crippen molar-refractivity contribution in [1.29, 1.82) is 0 Å². The second-order valence-electron chi connectivity index (χ2n) is 6.11. The first-order valence-electron chi connectivity index (χ1n) is 8.59. The molecule has 0 saturated carbocycles. The van der Waals surface area contributed by atoms with Gasteiger partial charge in [-0.2, -0.15) is 0 Å². The number of thioether (sulfide) groups is 1. The maximum absolute atomic E-state index is 4.84. The van der Waals surface area contributed by atoms with Crippen molar-refractivity contribution in [2.75, 3.05) is 11.6 Å². The first-order valence-corrected chi connectivity index (χ1v) is 11.4. The highest BCUT2D eigenvalue weighted by Crippen LogP contribution is 2.42. The monoisotopic (exact) mass is 468 g/mol. The fraction of sp³-hybridized carbons (Fsp3) is 0.0952. The molecular formula is C21H17BrN4S2. The van der Waals surface area contributed by atoms with Crippen molar-refractivity contribution in [2.45, 2.75) is 11.1 Å². The van der Waals surface area contributed by atoms with E-state index in [0.29, 0.717) is 5.95 Å². The van der Waals surface area contributed by atoms with E-state index in [2.05, 4.69) is 49.6 Å². The van der Waals surface area contributed by atoms with E-state index in [9.17, 15) is 0 Å². The lowest BCUT2D eigenvalue weighted by molar-refractivity contribution is 1.14. The largest absolute Gasteiger partial charge is 0.324 e. The van der Waals surface area contributed by atoms with Crippen molar-refractivity contribution >= 4 is 50.7 Å². The number of halogens is 1. The summed E-state index contributed by atoms with van der Waals surface area (Å²) in [5.74, 6) is 0.579. The summed E-state index contributed by atoms with van der Waals surface area (Å²) >= 11 is 6.99. The van der Waals surface area contributed by atoms with Gasteiger partial charge in [0.1, 0.15) is 0 Å². The second-order valence-corrected chi connectivity index (χ2v) is 9.19. The van der Waals surface area contributed by atoms with Gasteiger partial charge in [0, 0.05) is 39.9 Å². The number of thiophene rings is 1. The van der Waals surface area contributed by atoms with Crippen LogP contribution in [0.25, 0.3) is 21.7 Å². The number of nitrogens with zero attached hydrogens (tertiary/aromatic N) is 3. The van der Waals surface area contributed by atoms with E-state index in [1.54, 1.807) is 29.3 Å². The maximum atomic E-state index is 4.84. The van der Waals surface area contributed by atoms with Crippen LogP contribution in [0.4, 0.5) is 11.6 Å². The molecule has 7 heteroatoms. The number of hydrogen-bond acceptors (Lipinski definition) is 6. The zero-order chi connectivity index (χ0) is 19.5. The third kappa shape index (κ3) is 4.11. The molecule has 28 heavy (non-hydrogen) atoms. The molecule has 0 spiro atoms. The summed E-state index contributed by atoms with van der Waals surface area (Å²) in [7, 11) is 0. The van der Waals surface area contributed by atoms with Crippen LogP contribution in [0.2, 0.25) is 0 Å². The standard InChI is InChI=1S/C21H17BrN4S2/c1-13-11-24-21(25-16-7-3-6-15(22)9-16)26-19(13)20-17(10-18(27-2)28-20)14-5-4-8-23-12-14/h3-12H,1-2H3,(H,24,25,26). The lowest BCUT2D eigenvalue weighted by atomic mass is 10.1. The number of anilines is 2. The molecule has 0 amide bonds. The molecule has 4 rings (SSSR count). The molecule has 0 aliphatic rings. The van der Waals surface area contributed by atoms with Crippen LogP contribution < -0.4 is 5.32 Å². The van der Waals surface area contributed by atoms with Gasteiger partial charge in [-0.25, -0.2) is 9.97 Å². The van der Waals surface area contributed by atoms with Gasteiger partial charge in [-0.3, -0.25) is 4.98 Å². The molecule has 0 aliphatic carbocycles. The Hall–Kier alpha value is -2.22. The zero-order valence-corrected chi connectivity index (χ0v) is 18.5. The van der Waals surface area contributed by atoms with Crippen LogP contribution >= 0.6 is 39.0 Å². The number of aryl methyl sites for hydroxylation is 1. The van der Waals surface area contributed by atoms with E-state index in [1.807, 2.05) is 49.6 Å². The first-order chi connectivity index (χ1) is 13.6. The molecule has 0 saturated heterocycles. The third-order valence-corrected chi connectivity index (χ3v) is 6.85. The van der Waals surface area contributed by atoms with Gasteiger partial charge in [0.15, 0.2) is 0 Å². The van der Waals surface area contributed by atoms with E-state index in [-0.39, 0.29) is 0 Å². The molecule has 4 nitrogen and oxygen atoms in total. The van der Waals surface area contributed by atoms with Crippen molar-refractivity contribution in [1.82, 2.24) is 15.0 Å². The van der Waals surface area contributed by atoms with Crippen molar-refractivity contribution in [3.05, 3.63) is 71.1 Å². The summed E-state index contributed by atoms with van der Waals surface area (Å²) in [6.45, 7) is 2.05. The Kier molecular flexibility index (Phi) is 5.75. The van der Waals surface area contributed by atoms with Gasteiger partial charge in [-0.1, -0.05) is 28.1 Å². The fourth-order valence-electron chi connectivity index (χ4n) is 2.81. The molecule has 0 aliphatic heterocycles. The molecule has 0 fully saturated rings. The summed E-state index contributed by atoms with van der Waals surface area (Å²) in [5, 5.41) is 3.30. The molecule has 0 bridgehead atoms. The van der Waals surface area contributed by atoms with E-state index in [1.165, 1.54) is 4.21 Å². The zero-order valence-electron chi connectivity index (χ0n) is 15.3. The highest BCUT2D eigenvalue weighted by Gasteiger charge is 2.17. The van der Waals surface area contributed by atoms with Crippen molar-refractivity contribution in [2.24, 2.45) is 0 Å². The van der Waals surface area contributed by atoms with Gasteiger partial charge in [0.2, 0.25) is 5.95 Å². The summed E-state index contributed by atoms with van der Waals surface area (Å²) in [4.78, 5) is 14.7. The maximum Gasteiger partial charge on any atom is 0.227 e. The van der Waals surface area contributed by atoms with E-state index >= 15 is 0 Å². The SMILES string of the molecule is CSc1cc(-c2cccnc2)c(-c2nc(Nc3cccc(Br)c3)ncc2C)s1. The van der Waals surface area contributed by atoms with Gasteiger partial charge >= 0.3 is 0 Å². The van der Waals surface area contributed by atoms with Crippen LogP contribution in [0.1, 0.15) is 5.56 Å². The Morgan fingerprint density at radius 2 is 2.00 bits per heavy atom. The fourth-order valence-corrected chi connectivity index (χ4v) is 5.00. The normalized spacial score (nSPS) is 10.8. The molecule has 1 aromatic carbocycles. The number of hydrogen-bond donors (Lipinski definition) is 1. The van der Waals surface area contributed by atoms with E-state index in [4.69, 9.17) is 4.98 Å². The smallest absolute Gasteiger partial charge is 0.227 e. The lowest BCUT2D eigenvalue weighted by Crippen LogP contribution is -1.99. The molecule has 140 valence electrons. The van der Waals surface area contributed by atoms with E-state index in [0.717, 1.165) is 37.4 Å². The Morgan fingerprint density at radius 1 is 1.11 bits per heavy atom. The Balaban J connectivity index is 1.78. The van der Waals surface area contributed by atoms with Gasteiger partial charge in [0.05, 0.1) is 14.8 Å². The molecule has 3 heterocycles. The molecular weight excluding hydrogens is 452 g/mol. The van der Waals surface area contributed by atoms with Crippen LogP contribution in [0.15, 0.2) is 69.7 Å². The van der Waals surface area contributed by atoms with Gasteiger partial charge in [-0.15, -0.1) is 23.1 Å². The summed E-state index contributed by atoms with van der Waals surface area (Å²) in [6.07, 6.45) is 7.65. The highest BCUT2D eigenvalue weighted by atomic mass is 79.9.